The summed E-state index contributed by atoms with van der Waals surface area (Å²) in [4.78, 5) is 12.9. The highest BCUT2D eigenvalue weighted by Gasteiger charge is 2.30. The maximum atomic E-state index is 12.9. The number of methoxy groups -OCH3 is 3. The van der Waals surface area contributed by atoms with E-state index in [1.54, 1.807) is 51.7 Å². The fourth-order valence-electron chi connectivity index (χ4n) is 3.53. The Morgan fingerprint density at radius 2 is 1.66 bits per heavy atom. The van der Waals surface area contributed by atoms with Crippen LogP contribution in [0.3, 0.4) is 0 Å². The standard InChI is InChI=1S/C26H24O6/c1-16-22(31-15-17-6-5-7-19(12-17)28-2)11-10-21-25(27)24(32-26(16)21)13-18-8-9-20(29-3)14-23(18)30-4/h5-14H,15H2,1-4H3/b24-13-. The number of hydrogen-bond acceptors (Lipinski definition) is 6. The molecular weight excluding hydrogens is 408 g/mol. The van der Waals surface area contributed by atoms with Crippen LogP contribution < -0.4 is 23.7 Å². The number of hydrogen-bond donors (Lipinski definition) is 0. The Bertz CT molecular complexity index is 1190. The molecule has 0 aliphatic carbocycles. The summed E-state index contributed by atoms with van der Waals surface area (Å²) < 4.78 is 27.9. The van der Waals surface area contributed by atoms with Gasteiger partial charge in [0.05, 0.1) is 26.9 Å². The van der Waals surface area contributed by atoms with Gasteiger partial charge >= 0.3 is 0 Å². The van der Waals surface area contributed by atoms with Gasteiger partial charge in [-0.05, 0) is 55.0 Å². The average molecular weight is 432 g/mol. The van der Waals surface area contributed by atoms with Crippen LogP contribution in [-0.2, 0) is 6.61 Å². The molecular formula is C26H24O6. The molecule has 6 heteroatoms. The van der Waals surface area contributed by atoms with Gasteiger partial charge in [0.1, 0.15) is 35.4 Å². The normalized spacial score (nSPS) is 13.5. The van der Waals surface area contributed by atoms with Crippen LogP contribution in [0, 0.1) is 6.92 Å². The zero-order chi connectivity index (χ0) is 22.7. The third-order valence-electron chi connectivity index (χ3n) is 5.29. The molecule has 0 spiro atoms. The Labute approximate surface area is 186 Å². The molecule has 1 aliphatic rings. The summed E-state index contributed by atoms with van der Waals surface area (Å²) in [5.74, 6) is 3.24. The Hall–Kier alpha value is -3.93. The van der Waals surface area contributed by atoms with E-state index < -0.39 is 0 Å². The van der Waals surface area contributed by atoms with Gasteiger partial charge < -0.3 is 23.7 Å². The maximum Gasteiger partial charge on any atom is 0.231 e. The van der Waals surface area contributed by atoms with Crippen LogP contribution in [0.4, 0.5) is 0 Å². The zero-order valence-corrected chi connectivity index (χ0v) is 18.4. The van der Waals surface area contributed by atoms with Gasteiger partial charge in [0.15, 0.2) is 5.76 Å². The lowest BCUT2D eigenvalue weighted by atomic mass is 10.1. The monoisotopic (exact) mass is 432 g/mol. The van der Waals surface area contributed by atoms with Crippen molar-refractivity contribution in [1.29, 1.82) is 0 Å². The van der Waals surface area contributed by atoms with Gasteiger partial charge in [-0.2, -0.15) is 0 Å². The predicted octanol–water partition coefficient (Wildman–Crippen LogP) is 5.22. The second-order valence-electron chi connectivity index (χ2n) is 7.25. The van der Waals surface area contributed by atoms with Crippen molar-refractivity contribution in [3.05, 3.63) is 82.6 Å². The lowest BCUT2D eigenvalue weighted by Gasteiger charge is -2.12. The molecule has 3 aromatic rings. The van der Waals surface area contributed by atoms with Crippen molar-refractivity contribution < 1.29 is 28.5 Å². The molecule has 0 bridgehead atoms. The molecule has 3 aromatic carbocycles. The predicted molar refractivity (Wildman–Crippen MR) is 121 cm³/mol. The van der Waals surface area contributed by atoms with Crippen molar-refractivity contribution in [2.45, 2.75) is 13.5 Å². The number of benzene rings is 3. The molecule has 1 heterocycles. The van der Waals surface area contributed by atoms with Crippen LogP contribution in [0.2, 0.25) is 0 Å². The van der Waals surface area contributed by atoms with E-state index >= 15 is 0 Å². The van der Waals surface area contributed by atoms with Crippen LogP contribution in [-0.4, -0.2) is 27.1 Å². The first-order chi connectivity index (χ1) is 15.5. The minimum atomic E-state index is -0.180. The topological polar surface area (TPSA) is 63.2 Å². The molecule has 0 fully saturated rings. The van der Waals surface area contributed by atoms with Gasteiger partial charge in [0.2, 0.25) is 5.78 Å². The van der Waals surface area contributed by atoms with Crippen LogP contribution in [0.15, 0.2) is 60.4 Å². The first-order valence-corrected chi connectivity index (χ1v) is 10.1. The van der Waals surface area contributed by atoms with E-state index in [-0.39, 0.29) is 11.5 Å². The molecule has 0 saturated heterocycles. The third-order valence-corrected chi connectivity index (χ3v) is 5.29. The number of rotatable bonds is 7. The maximum absolute atomic E-state index is 12.9. The lowest BCUT2D eigenvalue weighted by Crippen LogP contribution is -1.99. The number of carbonyl (C=O) groups excluding carboxylic acids is 1. The Balaban J connectivity index is 1.57. The van der Waals surface area contributed by atoms with Gasteiger partial charge in [-0.25, -0.2) is 0 Å². The van der Waals surface area contributed by atoms with E-state index in [0.29, 0.717) is 35.2 Å². The molecule has 164 valence electrons. The number of Topliss-reactive ketones (excluding diaryl/α,β-unsaturated/α-hetero) is 1. The van der Waals surface area contributed by atoms with Gasteiger partial charge in [-0.3, -0.25) is 4.79 Å². The van der Waals surface area contributed by atoms with Crippen molar-refractivity contribution in [1.82, 2.24) is 0 Å². The summed E-state index contributed by atoms with van der Waals surface area (Å²) in [5.41, 5.74) is 2.98. The zero-order valence-electron chi connectivity index (χ0n) is 18.4. The van der Waals surface area contributed by atoms with Gasteiger partial charge in [0, 0.05) is 17.2 Å². The molecule has 0 aromatic heterocycles. The van der Waals surface area contributed by atoms with Crippen molar-refractivity contribution in [2.75, 3.05) is 21.3 Å². The first-order valence-electron chi connectivity index (χ1n) is 10.1. The fourth-order valence-corrected chi connectivity index (χ4v) is 3.53. The molecule has 4 rings (SSSR count). The summed E-state index contributed by atoms with van der Waals surface area (Å²) >= 11 is 0. The van der Waals surface area contributed by atoms with Crippen molar-refractivity contribution in [3.63, 3.8) is 0 Å². The van der Waals surface area contributed by atoms with Crippen LogP contribution in [0.25, 0.3) is 6.08 Å². The SMILES string of the molecule is COc1cccc(COc2ccc3c(c2C)O/C(=C\c2ccc(OC)cc2OC)C3=O)c1. The molecule has 0 radical (unpaired) electrons. The minimum Gasteiger partial charge on any atom is -0.497 e. The molecule has 6 nitrogen and oxygen atoms in total. The van der Waals surface area contributed by atoms with E-state index in [2.05, 4.69) is 0 Å². The molecule has 0 N–H and O–H groups in total. The molecule has 0 atom stereocenters. The smallest absolute Gasteiger partial charge is 0.231 e. The van der Waals surface area contributed by atoms with Crippen LogP contribution in [0.1, 0.15) is 27.0 Å². The number of ether oxygens (including phenoxy) is 5. The Morgan fingerprint density at radius 3 is 2.41 bits per heavy atom. The molecule has 1 aliphatic heterocycles. The second kappa shape index (κ2) is 9.06. The first kappa shape index (κ1) is 21.3. The lowest BCUT2D eigenvalue weighted by molar-refractivity contribution is 0.101. The summed E-state index contributed by atoms with van der Waals surface area (Å²) in [7, 11) is 4.79. The van der Waals surface area contributed by atoms with E-state index in [1.165, 1.54) is 0 Å². The van der Waals surface area contributed by atoms with Crippen LogP contribution in [0.5, 0.6) is 28.7 Å². The number of ketones is 1. The summed E-state index contributed by atoms with van der Waals surface area (Å²) in [6, 6.07) is 16.6. The number of carbonyl (C=O) groups is 1. The number of allylic oxidation sites excluding steroid dienone is 1. The van der Waals surface area contributed by atoms with E-state index in [9.17, 15) is 4.79 Å². The average Bonchev–Trinajstić information content (AvgIpc) is 3.15. The van der Waals surface area contributed by atoms with Crippen LogP contribution >= 0.6 is 0 Å². The van der Waals surface area contributed by atoms with Crippen molar-refractivity contribution in [3.8, 4) is 28.7 Å². The highest BCUT2D eigenvalue weighted by Crippen LogP contribution is 2.40. The largest absolute Gasteiger partial charge is 0.497 e. The van der Waals surface area contributed by atoms with E-state index in [1.807, 2.05) is 37.3 Å². The third kappa shape index (κ3) is 4.12. The van der Waals surface area contributed by atoms with E-state index in [4.69, 9.17) is 23.7 Å². The number of fused-ring (bicyclic) bond motifs is 1. The van der Waals surface area contributed by atoms with Gasteiger partial charge in [0.25, 0.3) is 0 Å². The van der Waals surface area contributed by atoms with Gasteiger partial charge in [-0.15, -0.1) is 0 Å². The Kier molecular flexibility index (Phi) is 6.03. The summed E-state index contributed by atoms with van der Waals surface area (Å²) in [6.45, 7) is 2.25. The highest BCUT2D eigenvalue weighted by atomic mass is 16.5. The molecule has 32 heavy (non-hydrogen) atoms. The molecule has 0 saturated carbocycles. The second-order valence-corrected chi connectivity index (χ2v) is 7.25. The molecule has 0 amide bonds. The quantitative estimate of drug-likeness (QED) is 0.477. The summed E-state index contributed by atoms with van der Waals surface area (Å²) in [6.07, 6.45) is 1.68. The molecule has 0 unspecified atom stereocenters. The van der Waals surface area contributed by atoms with Crippen molar-refractivity contribution in [2.24, 2.45) is 0 Å². The van der Waals surface area contributed by atoms with Crippen molar-refractivity contribution >= 4 is 11.9 Å². The summed E-state index contributed by atoms with van der Waals surface area (Å²) in [5, 5.41) is 0. The minimum absolute atomic E-state index is 0.180. The van der Waals surface area contributed by atoms with Gasteiger partial charge in [-0.1, -0.05) is 12.1 Å². The fraction of sp³-hybridized carbons (Fsp3) is 0.192. The van der Waals surface area contributed by atoms with E-state index in [0.717, 1.165) is 22.4 Å². The highest BCUT2D eigenvalue weighted by molar-refractivity contribution is 6.15. The Morgan fingerprint density at radius 1 is 0.875 bits per heavy atom.